The Balaban J connectivity index is 2.49. The van der Waals surface area contributed by atoms with E-state index in [0.29, 0.717) is 6.42 Å². The fourth-order valence-corrected chi connectivity index (χ4v) is 1.51. The predicted octanol–water partition coefficient (Wildman–Crippen LogP) is 1.42. The summed E-state index contributed by atoms with van der Waals surface area (Å²) in [4.78, 5) is 9.86. The average Bonchev–Trinajstić information content (AvgIpc) is 2.13. The zero-order valence-corrected chi connectivity index (χ0v) is 5.67. The number of alkyl halides is 1. The van der Waals surface area contributed by atoms with Gasteiger partial charge in [0.1, 0.15) is 5.38 Å². The van der Waals surface area contributed by atoms with E-state index in [-0.39, 0.29) is 10.3 Å². The van der Waals surface area contributed by atoms with Crippen molar-refractivity contribution >= 4 is 11.6 Å². The molecule has 0 radical (unpaired) electrons. The summed E-state index contributed by atoms with van der Waals surface area (Å²) < 4.78 is 0. The summed E-state index contributed by atoms with van der Waals surface area (Å²) in [5.74, 6) is 0. The highest BCUT2D eigenvalue weighted by Crippen LogP contribution is 2.25. The highest BCUT2D eigenvalue weighted by Gasteiger charge is 2.34. The smallest absolute Gasteiger partial charge is 0.229 e. The summed E-state index contributed by atoms with van der Waals surface area (Å²) in [6.07, 6.45) is 2.36. The Hall–Kier alpha value is -0.310. The minimum atomic E-state index is -0.480. The number of nitrogens with zero attached hydrogens (tertiary/aromatic N) is 1. The molecule has 0 aromatic rings. The molecule has 0 heterocycles. The third-order valence-corrected chi connectivity index (χ3v) is 2.18. The molecular formula is C5H8ClNO2. The number of hydrogen-bond acceptors (Lipinski definition) is 2. The molecule has 0 unspecified atom stereocenters. The lowest BCUT2D eigenvalue weighted by molar-refractivity contribution is -0.519. The van der Waals surface area contributed by atoms with E-state index in [1.165, 1.54) is 0 Å². The van der Waals surface area contributed by atoms with Gasteiger partial charge in [-0.25, -0.2) is 0 Å². The van der Waals surface area contributed by atoms with Crippen molar-refractivity contribution in [2.75, 3.05) is 0 Å². The van der Waals surface area contributed by atoms with Crippen LogP contribution in [0, 0.1) is 10.1 Å². The van der Waals surface area contributed by atoms with Crippen LogP contribution in [0.5, 0.6) is 0 Å². The van der Waals surface area contributed by atoms with Crippen molar-refractivity contribution in [3.63, 3.8) is 0 Å². The minimum absolute atomic E-state index is 0.222. The SMILES string of the molecule is O=[N+]([O-])[C@H]1CCC[C@@H]1Cl. The monoisotopic (exact) mass is 149 g/mol. The lowest BCUT2D eigenvalue weighted by Gasteiger charge is -2.02. The molecule has 2 atom stereocenters. The summed E-state index contributed by atoms with van der Waals surface area (Å²) in [6.45, 7) is 0. The van der Waals surface area contributed by atoms with E-state index >= 15 is 0 Å². The van der Waals surface area contributed by atoms with E-state index in [4.69, 9.17) is 11.6 Å². The molecule has 9 heavy (non-hydrogen) atoms. The molecule has 1 aliphatic rings. The second-order valence-electron chi connectivity index (χ2n) is 2.30. The summed E-state index contributed by atoms with van der Waals surface area (Å²) in [5.41, 5.74) is 0. The molecule has 52 valence electrons. The van der Waals surface area contributed by atoms with Gasteiger partial charge in [0.25, 0.3) is 0 Å². The molecule has 0 N–H and O–H groups in total. The van der Waals surface area contributed by atoms with Crippen LogP contribution in [-0.2, 0) is 0 Å². The molecule has 1 fully saturated rings. The van der Waals surface area contributed by atoms with Crippen LogP contribution in [0.2, 0.25) is 0 Å². The number of nitro groups is 1. The first kappa shape index (κ1) is 6.81. The van der Waals surface area contributed by atoms with Gasteiger partial charge in [0.15, 0.2) is 0 Å². The van der Waals surface area contributed by atoms with E-state index < -0.39 is 6.04 Å². The van der Waals surface area contributed by atoms with Crippen molar-refractivity contribution in [1.82, 2.24) is 0 Å². The van der Waals surface area contributed by atoms with Crippen LogP contribution in [-0.4, -0.2) is 16.3 Å². The van der Waals surface area contributed by atoms with Crippen molar-refractivity contribution in [3.8, 4) is 0 Å². The van der Waals surface area contributed by atoms with Crippen molar-refractivity contribution in [2.45, 2.75) is 30.7 Å². The van der Waals surface area contributed by atoms with Gasteiger partial charge in [-0.3, -0.25) is 10.1 Å². The third-order valence-electron chi connectivity index (χ3n) is 1.67. The molecule has 4 heteroatoms. The van der Waals surface area contributed by atoms with Crippen LogP contribution < -0.4 is 0 Å². The van der Waals surface area contributed by atoms with Gasteiger partial charge in [-0.05, 0) is 12.8 Å². The Kier molecular flexibility index (Phi) is 1.90. The summed E-state index contributed by atoms with van der Waals surface area (Å²) >= 11 is 5.63. The zero-order valence-electron chi connectivity index (χ0n) is 4.92. The fraction of sp³-hybridized carbons (Fsp3) is 1.00. The van der Waals surface area contributed by atoms with Crippen LogP contribution in [0.1, 0.15) is 19.3 Å². The highest BCUT2D eigenvalue weighted by atomic mass is 35.5. The second-order valence-corrected chi connectivity index (χ2v) is 2.86. The molecule has 0 aromatic carbocycles. The van der Waals surface area contributed by atoms with Gasteiger partial charge in [-0.1, -0.05) is 0 Å². The van der Waals surface area contributed by atoms with Crippen molar-refractivity contribution in [3.05, 3.63) is 10.1 Å². The van der Waals surface area contributed by atoms with Gasteiger partial charge in [-0.15, -0.1) is 11.6 Å². The standard InChI is InChI=1S/C5H8ClNO2/c6-4-2-1-3-5(4)7(8)9/h4-5H,1-3H2/t4-,5-/m0/s1. The lowest BCUT2D eigenvalue weighted by Crippen LogP contribution is -2.23. The second kappa shape index (κ2) is 2.52. The van der Waals surface area contributed by atoms with Crippen LogP contribution in [0.3, 0.4) is 0 Å². The van der Waals surface area contributed by atoms with Crippen molar-refractivity contribution in [1.29, 1.82) is 0 Å². The van der Waals surface area contributed by atoms with Gasteiger partial charge in [0.2, 0.25) is 6.04 Å². The van der Waals surface area contributed by atoms with Crippen molar-refractivity contribution in [2.24, 2.45) is 0 Å². The molecule has 1 rings (SSSR count). The van der Waals surface area contributed by atoms with Crippen LogP contribution in [0.15, 0.2) is 0 Å². The van der Waals surface area contributed by atoms with Crippen LogP contribution in [0.4, 0.5) is 0 Å². The molecule has 0 saturated heterocycles. The fourth-order valence-electron chi connectivity index (χ4n) is 1.13. The molecule has 0 amide bonds. The van der Waals surface area contributed by atoms with E-state index in [1.807, 2.05) is 0 Å². The minimum Gasteiger partial charge on any atom is -0.264 e. The third kappa shape index (κ3) is 1.33. The van der Waals surface area contributed by atoms with E-state index in [0.717, 1.165) is 12.8 Å². The van der Waals surface area contributed by atoms with E-state index in [1.54, 1.807) is 0 Å². The molecular weight excluding hydrogens is 142 g/mol. The number of rotatable bonds is 1. The maximum Gasteiger partial charge on any atom is 0.229 e. The normalized spacial score (nSPS) is 34.8. The Morgan fingerprint density at radius 3 is 2.44 bits per heavy atom. The maximum absolute atomic E-state index is 10.1. The quantitative estimate of drug-likeness (QED) is 0.322. The van der Waals surface area contributed by atoms with E-state index in [2.05, 4.69) is 0 Å². The van der Waals surface area contributed by atoms with Gasteiger partial charge >= 0.3 is 0 Å². The van der Waals surface area contributed by atoms with Gasteiger partial charge in [-0.2, -0.15) is 0 Å². The summed E-state index contributed by atoms with van der Waals surface area (Å²) in [6, 6.07) is -0.480. The number of hydrogen-bond donors (Lipinski definition) is 0. The Morgan fingerprint density at radius 1 is 1.56 bits per heavy atom. The Morgan fingerprint density at radius 2 is 2.22 bits per heavy atom. The van der Waals surface area contributed by atoms with Gasteiger partial charge < -0.3 is 0 Å². The molecule has 3 nitrogen and oxygen atoms in total. The van der Waals surface area contributed by atoms with Crippen LogP contribution >= 0.6 is 11.6 Å². The Bertz CT molecular complexity index is 128. The maximum atomic E-state index is 10.1. The summed E-state index contributed by atoms with van der Waals surface area (Å²) in [7, 11) is 0. The Labute approximate surface area is 58.1 Å². The molecule has 1 aliphatic carbocycles. The molecule has 0 aromatic heterocycles. The van der Waals surface area contributed by atoms with Crippen LogP contribution in [0.25, 0.3) is 0 Å². The van der Waals surface area contributed by atoms with Gasteiger partial charge in [0.05, 0.1) is 0 Å². The largest absolute Gasteiger partial charge is 0.264 e. The average molecular weight is 150 g/mol. The predicted molar refractivity (Wildman–Crippen MR) is 34.3 cm³/mol. The molecule has 0 bridgehead atoms. The van der Waals surface area contributed by atoms with Gasteiger partial charge in [0, 0.05) is 11.3 Å². The molecule has 0 aliphatic heterocycles. The molecule has 0 spiro atoms. The highest BCUT2D eigenvalue weighted by molar-refractivity contribution is 6.21. The summed E-state index contributed by atoms with van der Waals surface area (Å²) in [5, 5.41) is 9.91. The van der Waals surface area contributed by atoms with E-state index in [9.17, 15) is 10.1 Å². The first-order chi connectivity index (χ1) is 4.22. The molecule has 1 saturated carbocycles. The number of halogens is 1. The van der Waals surface area contributed by atoms with Crippen molar-refractivity contribution < 1.29 is 4.92 Å². The zero-order chi connectivity index (χ0) is 6.85. The lowest BCUT2D eigenvalue weighted by atomic mass is 10.3. The first-order valence-corrected chi connectivity index (χ1v) is 3.43. The first-order valence-electron chi connectivity index (χ1n) is 2.99. The topological polar surface area (TPSA) is 43.1 Å².